The molecule has 0 spiro atoms. The molecule has 4 rings (SSSR count). The minimum atomic E-state index is -0.876. The summed E-state index contributed by atoms with van der Waals surface area (Å²) in [6, 6.07) is 15.3. The van der Waals surface area contributed by atoms with Crippen LogP contribution in [0.15, 0.2) is 48.5 Å². The number of ether oxygens (including phenoxy) is 3. The van der Waals surface area contributed by atoms with E-state index in [1.807, 2.05) is 47.4 Å². The first-order chi connectivity index (χ1) is 14.1. The Morgan fingerprint density at radius 1 is 1.07 bits per heavy atom. The van der Waals surface area contributed by atoms with Crippen LogP contribution in [-0.4, -0.2) is 36.7 Å². The smallest absolute Gasteiger partial charge is 0.303 e. The van der Waals surface area contributed by atoms with Gasteiger partial charge in [0.25, 0.3) is 5.91 Å². The van der Waals surface area contributed by atoms with Gasteiger partial charge in [0.2, 0.25) is 12.9 Å². The van der Waals surface area contributed by atoms with Crippen molar-refractivity contribution in [3.63, 3.8) is 0 Å². The lowest BCUT2D eigenvalue weighted by Gasteiger charge is -2.34. The molecule has 0 N–H and O–H groups in total. The van der Waals surface area contributed by atoms with Crippen LogP contribution < -0.4 is 9.47 Å². The maximum atomic E-state index is 13.0. The number of carbonyl (C=O) groups excluding carboxylic acids is 2. The Labute approximate surface area is 170 Å². The summed E-state index contributed by atoms with van der Waals surface area (Å²) < 4.78 is 16.2. The molecule has 1 fully saturated rings. The molecule has 1 atom stereocenters. The summed E-state index contributed by atoms with van der Waals surface area (Å²) in [6.07, 6.45) is 1.91. The van der Waals surface area contributed by atoms with E-state index in [1.165, 1.54) is 12.5 Å². The largest absolute Gasteiger partial charge is 0.454 e. The Bertz CT molecular complexity index is 874. The van der Waals surface area contributed by atoms with Gasteiger partial charge in [-0.15, -0.1) is 0 Å². The number of hydrogen-bond donors (Lipinski definition) is 0. The van der Waals surface area contributed by atoms with Gasteiger partial charge in [-0.3, -0.25) is 9.59 Å². The SMILES string of the molecule is CC(=O)OC(C(=O)N1CCC(Cc2ccc3c(c2)OCO3)CC1)c1ccccc1. The molecule has 0 aliphatic carbocycles. The van der Waals surface area contributed by atoms with Gasteiger partial charge < -0.3 is 19.1 Å². The normalized spacial score (nSPS) is 17.1. The van der Waals surface area contributed by atoms with Gasteiger partial charge in [0.05, 0.1) is 0 Å². The van der Waals surface area contributed by atoms with Gasteiger partial charge >= 0.3 is 5.97 Å². The molecule has 2 heterocycles. The third kappa shape index (κ3) is 4.53. The standard InChI is InChI=1S/C23H25NO5/c1-16(25)29-22(19-5-3-2-4-6-19)23(26)24-11-9-17(10-12-24)13-18-7-8-20-21(14-18)28-15-27-20/h2-8,14,17,22H,9-13,15H2,1H3. The Kier molecular flexibility index (Phi) is 5.69. The van der Waals surface area contributed by atoms with Crippen LogP contribution >= 0.6 is 0 Å². The van der Waals surface area contributed by atoms with E-state index in [1.54, 1.807) is 0 Å². The van der Waals surface area contributed by atoms with E-state index in [2.05, 4.69) is 6.07 Å². The molecule has 0 aromatic heterocycles. The van der Waals surface area contributed by atoms with E-state index in [4.69, 9.17) is 14.2 Å². The lowest BCUT2D eigenvalue weighted by molar-refractivity contribution is -0.160. The maximum absolute atomic E-state index is 13.0. The topological polar surface area (TPSA) is 65.1 Å². The first-order valence-corrected chi connectivity index (χ1v) is 9.99. The fourth-order valence-corrected chi connectivity index (χ4v) is 3.98. The molecule has 2 aromatic rings. The van der Waals surface area contributed by atoms with Crippen LogP contribution in [0, 0.1) is 5.92 Å². The number of piperidine rings is 1. The second-order valence-corrected chi connectivity index (χ2v) is 7.56. The lowest BCUT2D eigenvalue weighted by atomic mass is 9.89. The summed E-state index contributed by atoms with van der Waals surface area (Å²) in [7, 11) is 0. The molecule has 152 valence electrons. The number of rotatable bonds is 5. The average molecular weight is 395 g/mol. The van der Waals surface area contributed by atoms with Gasteiger partial charge in [-0.25, -0.2) is 0 Å². The second-order valence-electron chi connectivity index (χ2n) is 7.56. The van der Waals surface area contributed by atoms with Crippen LogP contribution in [-0.2, 0) is 20.7 Å². The van der Waals surface area contributed by atoms with Crippen LogP contribution in [0.25, 0.3) is 0 Å². The quantitative estimate of drug-likeness (QED) is 0.725. The second kappa shape index (κ2) is 8.55. The summed E-state index contributed by atoms with van der Waals surface area (Å²) in [5.41, 5.74) is 1.93. The maximum Gasteiger partial charge on any atom is 0.303 e. The Morgan fingerprint density at radius 3 is 2.52 bits per heavy atom. The molecule has 1 amide bonds. The number of likely N-dealkylation sites (tertiary alicyclic amines) is 1. The Balaban J connectivity index is 1.36. The molecule has 2 aliphatic heterocycles. The predicted molar refractivity (Wildman–Crippen MR) is 107 cm³/mol. The number of carbonyl (C=O) groups is 2. The van der Waals surface area contributed by atoms with Gasteiger partial charge in [0.15, 0.2) is 11.5 Å². The number of fused-ring (bicyclic) bond motifs is 1. The minimum Gasteiger partial charge on any atom is -0.454 e. The summed E-state index contributed by atoms with van der Waals surface area (Å²) in [6.45, 7) is 2.95. The highest BCUT2D eigenvalue weighted by molar-refractivity contribution is 5.84. The number of benzene rings is 2. The highest BCUT2D eigenvalue weighted by atomic mass is 16.7. The number of hydrogen-bond acceptors (Lipinski definition) is 5. The Hall–Kier alpha value is -3.02. The molecular formula is C23H25NO5. The van der Waals surface area contributed by atoms with E-state index in [-0.39, 0.29) is 12.7 Å². The van der Waals surface area contributed by atoms with Crippen molar-refractivity contribution >= 4 is 11.9 Å². The number of esters is 1. The number of amides is 1. The van der Waals surface area contributed by atoms with E-state index in [9.17, 15) is 9.59 Å². The molecule has 0 bridgehead atoms. The van der Waals surface area contributed by atoms with Crippen molar-refractivity contribution in [2.24, 2.45) is 5.92 Å². The highest BCUT2D eigenvalue weighted by Gasteiger charge is 2.31. The van der Waals surface area contributed by atoms with E-state index in [0.29, 0.717) is 24.6 Å². The zero-order valence-corrected chi connectivity index (χ0v) is 16.5. The highest BCUT2D eigenvalue weighted by Crippen LogP contribution is 2.34. The van der Waals surface area contributed by atoms with E-state index < -0.39 is 12.1 Å². The predicted octanol–water partition coefficient (Wildman–Crippen LogP) is 3.50. The van der Waals surface area contributed by atoms with Crippen LogP contribution in [0.2, 0.25) is 0 Å². The molecule has 29 heavy (non-hydrogen) atoms. The van der Waals surface area contributed by atoms with Gasteiger partial charge in [-0.1, -0.05) is 36.4 Å². The van der Waals surface area contributed by atoms with Gasteiger partial charge in [0, 0.05) is 25.6 Å². The third-order valence-corrected chi connectivity index (χ3v) is 5.50. The van der Waals surface area contributed by atoms with Crippen LogP contribution in [0.3, 0.4) is 0 Å². The van der Waals surface area contributed by atoms with Gasteiger partial charge in [0.1, 0.15) is 0 Å². The van der Waals surface area contributed by atoms with Crippen molar-refractivity contribution in [1.82, 2.24) is 4.90 Å². The van der Waals surface area contributed by atoms with Crippen molar-refractivity contribution in [2.45, 2.75) is 32.3 Å². The number of nitrogens with zero attached hydrogens (tertiary/aromatic N) is 1. The van der Waals surface area contributed by atoms with Gasteiger partial charge in [-0.05, 0) is 42.9 Å². The average Bonchev–Trinajstić information content (AvgIpc) is 3.20. The fourth-order valence-electron chi connectivity index (χ4n) is 3.98. The molecule has 6 heteroatoms. The molecule has 1 saturated heterocycles. The summed E-state index contributed by atoms with van der Waals surface area (Å²) >= 11 is 0. The zero-order valence-electron chi connectivity index (χ0n) is 16.5. The molecule has 1 unspecified atom stereocenters. The minimum absolute atomic E-state index is 0.145. The van der Waals surface area contributed by atoms with Crippen molar-refractivity contribution in [3.05, 3.63) is 59.7 Å². The summed E-state index contributed by atoms with van der Waals surface area (Å²) in [5.74, 6) is 1.51. The van der Waals surface area contributed by atoms with E-state index in [0.717, 1.165) is 30.8 Å². The van der Waals surface area contributed by atoms with Crippen molar-refractivity contribution in [1.29, 1.82) is 0 Å². The van der Waals surface area contributed by atoms with Gasteiger partial charge in [-0.2, -0.15) is 0 Å². The Morgan fingerprint density at radius 2 is 1.79 bits per heavy atom. The molecule has 0 saturated carbocycles. The molecule has 6 nitrogen and oxygen atoms in total. The monoisotopic (exact) mass is 395 g/mol. The van der Waals surface area contributed by atoms with Crippen molar-refractivity contribution in [2.75, 3.05) is 19.9 Å². The third-order valence-electron chi connectivity index (χ3n) is 5.50. The van der Waals surface area contributed by atoms with Crippen LogP contribution in [0.4, 0.5) is 0 Å². The molecule has 2 aliphatic rings. The van der Waals surface area contributed by atoms with E-state index >= 15 is 0 Å². The molecular weight excluding hydrogens is 370 g/mol. The fraction of sp³-hybridized carbons (Fsp3) is 0.391. The molecule has 0 radical (unpaired) electrons. The van der Waals surface area contributed by atoms with Crippen LogP contribution in [0.5, 0.6) is 11.5 Å². The van der Waals surface area contributed by atoms with Crippen molar-refractivity contribution in [3.8, 4) is 11.5 Å². The first kappa shape index (κ1) is 19.3. The zero-order chi connectivity index (χ0) is 20.2. The first-order valence-electron chi connectivity index (χ1n) is 9.99. The summed E-state index contributed by atoms with van der Waals surface area (Å²) in [5, 5.41) is 0. The molecule has 2 aromatic carbocycles. The van der Waals surface area contributed by atoms with Crippen molar-refractivity contribution < 1.29 is 23.8 Å². The van der Waals surface area contributed by atoms with Crippen LogP contribution in [0.1, 0.15) is 37.0 Å². The lowest BCUT2D eigenvalue weighted by Crippen LogP contribution is -2.42. The summed E-state index contributed by atoms with van der Waals surface area (Å²) in [4.78, 5) is 26.4.